The predicted molar refractivity (Wildman–Crippen MR) is 91.5 cm³/mol. The third kappa shape index (κ3) is 1.87. The van der Waals surface area contributed by atoms with Crippen molar-refractivity contribution in [3.8, 4) is 0 Å². The molecule has 4 rings (SSSR count). The number of fused-ring (bicyclic) bond motifs is 5. The van der Waals surface area contributed by atoms with Gasteiger partial charge in [0.15, 0.2) is 0 Å². The van der Waals surface area contributed by atoms with Gasteiger partial charge in [-0.15, -0.1) is 0 Å². The van der Waals surface area contributed by atoms with Crippen molar-refractivity contribution in [3.63, 3.8) is 0 Å². The second-order valence-electron chi connectivity index (χ2n) is 9.70. The Morgan fingerprint density at radius 3 is 2.55 bits per heavy atom. The van der Waals surface area contributed by atoms with Gasteiger partial charge in [0.25, 0.3) is 0 Å². The van der Waals surface area contributed by atoms with E-state index in [1.807, 2.05) is 0 Å². The SMILES string of the molecule is CC[C@H]1CC[C@H]2[C@@H]3CCC4CCCC[C@]4(C)[C@H]3C[C@@H](O)[C@]12C. The van der Waals surface area contributed by atoms with Crippen LogP contribution in [-0.2, 0) is 0 Å². The monoisotopic (exact) mass is 304 g/mol. The van der Waals surface area contributed by atoms with Gasteiger partial charge in [-0.2, -0.15) is 0 Å². The Balaban J connectivity index is 1.67. The lowest BCUT2D eigenvalue weighted by Gasteiger charge is -2.61. The maximum Gasteiger partial charge on any atom is 0.0602 e. The maximum atomic E-state index is 11.2. The van der Waals surface area contributed by atoms with Crippen LogP contribution in [0.3, 0.4) is 0 Å². The Kier molecular flexibility index (Phi) is 3.68. The lowest BCUT2D eigenvalue weighted by atomic mass is 9.44. The van der Waals surface area contributed by atoms with E-state index in [2.05, 4.69) is 20.8 Å². The summed E-state index contributed by atoms with van der Waals surface area (Å²) >= 11 is 0. The lowest BCUT2D eigenvalue weighted by Crippen LogP contribution is -2.57. The number of hydrogen-bond donors (Lipinski definition) is 1. The van der Waals surface area contributed by atoms with Crippen molar-refractivity contribution in [1.82, 2.24) is 0 Å². The fraction of sp³-hybridized carbons (Fsp3) is 1.00. The molecule has 0 amide bonds. The summed E-state index contributed by atoms with van der Waals surface area (Å²) in [6.45, 7) is 7.40. The Morgan fingerprint density at radius 1 is 0.955 bits per heavy atom. The summed E-state index contributed by atoms with van der Waals surface area (Å²) < 4.78 is 0. The zero-order valence-electron chi connectivity index (χ0n) is 15.0. The van der Waals surface area contributed by atoms with Gasteiger partial charge < -0.3 is 5.11 Å². The molecule has 0 heterocycles. The van der Waals surface area contributed by atoms with Crippen molar-refractivity contribution < 1.29 is 5.11 Å². The van der Waals surface area contributed by atoms with E-state index >= 15 is 0 Å². The van der Waals surface area contributed by atoms with Crippen LogP contribution in [0.15, 0.2) is 0 Å². The molecule has 126 valence electrons. The molecular weight excluding hydrogens is 268 g/mol. The quantitative estimate of drug-likeness (QED) is 0.686. The van der Waals surface area contributed by atoms with Crippen LogP contribution in [0.4, 0.5) is 0 Å². The summed E-state index contributed by atoms with van der Waals surface area (Å²) in [5.74, 6) is 4.28. The zero-order chi connectivity index (χ0) is 15.5. The van der Waals surface area contributed by atoms with Gasteiger partial charge in [-0.1, -0.05) is 40.0 Å². The lowest BCUT2D eigenvalue weighted by molar-refractivity contribution is -0.163. The molecule has 4 saturated carbocycles. The molecule has 1 N–H and O–H groups in total. The van der Waals surface area contributed by atoms with E-state index < -0.39 is 0 Å². The minimum Gasteiger partial charge on any atom is -0.393 e. The van der Waals surface area contributed by atoms with Crippen molar-refractivity contribution in [2.24, 2.45) is 40.4 Å². The summed E-state index contributed by atoms with van der Waals surface area (Å²) in [5.41, 5.74) is 0.779. The second kappa shape index (κ2) is 5.23. The Bertz CT molecular complexity index is 432. The second-order valence-corrected chi connectivity index (χ2v) is 9.70. The topological polar surface area (TPSA) is 20.2 Å². The molecule has 1 unspecified atom stereocenters. The van der Waals surface area contributed by atoms with E-state index in [1.54, 1.807) is 0 Å². The highest BCUT2D eigenvalue weighted by Gasteiger charge is 2.62. The molecule has 0 aromatic carbocycles. The Morgan fingerprint density at radius 2 is 1.77 bits per heavy atom. The molecule has 0 bridgehead atoms. The van der Waals surface area contributed by atoms with Gasteiger partial charge in [0.05, 0.1) is 6.10 Å². The third-order valence-corrected chi connectivity index (χ3v) is 9.37. The molecule has 1 nitrogen and oxygen atoms in total. The van der Waals surface area contributed by atoms with Crippen molar-refractivity contribution in [1.29, 1.82) is 0 Å². The predicted octanol–water partition coefficient (Wildman–Crippen LogP) is 5.42. The minimum atomic E-state index is -0.0382. The van der Waals surface area contributed by atoms with Crippen molar-refractivity contribution in [2.45, 2.75) is 91.1 Å². The molecular formula is C21H36O. The van der Waals surface area contributed by atoms with E-state index in [0.29, 0.717) is 5.41 Å². The summed E-state index contributed by atoms with van der Waals surface area (Å²) in [4.78, 5) is 0. The highest BCUT2D eigenvalue weighted by atomic mass is 16.3. The first kappa shape index (κ1) is 15.5. The van der Waals surface area contributed by atoms with Crippen molar-refractivity contribution in [3.05, 3.63) is 0 Å². The standard InChI is InChI=1S/C21H36O/c1-4-14-9-11-17-16-10-8-15-7-5-6-12-20(15,2)18(16)13-19(22)21(14,17)3/h14-19,22H,4-13H2,1-3H3/t14-,15?,16-,17-,18-,19+,20-,21+/m0/s1. The Hall–Kier alpha value is -0.0400. The molecule has 0 spiro atoms. The first-order chi connectivity index (χ1) is 10.5. The van der Waals surface area contributed by atoms with Crippen LogP contribution >= 0.6 is 0 Å². The van der Waals surface area contributed by atoms with Gasteiger partial charge in [-0.3, -0.25) is 0 Å². The summed E-state index contributed by atoms with van der Waals surface area (Å²) in [6, 6.07) is 0. The average molecular weight is 305 g/mol. The first-order valence-electron chi connectivity index (χ1n) is 10.2. The number of hydrogen-bond acceptors (Lipinski definition) is 1. The van der Waals surface area contributed by atoms with Crippen LogP contribution in [0, 0.1) is 40.4 Å². The van der Waals surface area contributed by atoms with Crippen molar-refractivity contribution >= 4 is 0 Å². The van der Waals surface area contributed by atoms with Crippen LogP contribution in [0.2, 0.25) is 0 Å². The molecule has 4 aliphatic rings. The van der Waals surface area contributed by atoms with E-state index in [1.165, 1.54) is 57.8 Å². The molecule has 0 aromatic heterocycles. The molecule has 0 aliphatic heterocycles. The summed E-state index contributed by atoms with van der Waals surface area (Å²) in [5, 5.41) is 11.2. The molecule has 0 radical (unpaired) electrons. The van der Waals surface area contributed by atoms with Gasteiger partial charge >= 0.3 is 0 Å². The van der Waals surface area contributed by atoms with Gasteiger partial charge in [0.2, 0.25) is 0 Å². The molecule has 4 fully saturated rings. The van der Waals surface area contributed by atoms with E-state index in [0.717, 1.165) is 36.0 Å². The normalized spacial score (nSPS) is 57.8. The van der Waals surface area contributed by atoms with Crippen LogP contribution < -0.4 is 0 Å². The van der Waals surface area contributed by atoms with Crippen LogP contribution in [0.5, 0.6) is 0 Å². The fourth-order valence-electron chi connectivity index (χ4n) is 8.04. The van der Waals surface area contributed by atoms with Crippen LogP contribution in [0.1, 0.15) is 85.0 Å². The van der Waals surface area contributed by atoms with Crippen molar-refractivity contribution in [2.75, 3.05) is 0 Å². The molecule has 4 aliphatic carbocycles. The van der Waals surface area contributed by atoms with Crippen LogP contribution in [-0.4, -0.2) is 11.2 Å². The van der Waals surface area contributed by atoms with Gasteiger partial charge in [0, 0.05) is 0 Å². The maximum absolute atomic E-state index is 11.2. The number of rotatable bonds is 1. The average Bonchev–Trinajstić information content (AvgIpc) is 2.86. The minimum absolute atomic E-state index is 0.0382. The molecule has 22 heavy (non-hydrogen) atoms. The fourth-order valence-corrected chi connectivity index (χ4v) is 8.04. The van der Waals surface area contributed by atoms with Gasteiger partial charge in [-0.25, -0.2) is 0 Å². The van der Waals surface area contributed by atoms with Gasteiger partial charge in [0.1, 0.15) is 0 Å². The highest BCUT2D eigenvalue weighted by molar-refractivity contribution is 5.11. The van der Waals surface area contributed by atoms with E-state index in [4.69, 9.17) is 0 Å². The molecule has 1 heteroatoms. The molecule has 0 saturated heterocycles. The molecule has 8 atom stereocenters. The molecule has 0 aromatic rings. The Labute approximate surface area is 137 Å². The smallest absolute Gasteiger partial charge is 0.0602 e. The zero-order valence-corrected chi connectivity index (χ0v) is 15.0. The summed E-state index contributed by atoms with van der Waals surface area (Å²) in [6.07, 6.45) is 13.9. The number of aliphatic hydroxyl groups is 1. The number of aliphatic hydroxyl groups excluding tert-OH is 1. The highest BCUT2D eigenvalue weighted by Crippen LogP contribution is 2.67. The van der Waals surface area contributed by atoms with E-state index in [9.17, 15) is 5.11 Å². The third-order valence-electron chi connectivity index (χ3n) is 9.37. The van der Waals surface area contributed by atoms with Gasteiger partial charge in [-0.05, 0) is 85.4 Å². The van der Waals surface area contributed by atoms with Crippen LogP contribution in [0.25, 0.3) is 0 Å². The summed E-state index contributed by atoms with van der Waals surface area (Å²) in [7, 11) is 0. The van der Waals surface area contributed by atoms with E-state index in [-0.39, 0.29) is 11.5 Å². The first-order valence-corrected chi connectivity index (χ1v) is 10.2. The largest absolute Gasteiger partial charge is 0.393 e.